The van der Waals surface area contributed by atoms with Crippen LogP contribution < -0.4 is 0 Å². The molecule has 0 aliphatic heterocycles. The summed E-state index contributed by atoms with van der Waals surface area (Å²) in [5, 5.41) is 0. The van der Waals surface area contributed by atoms with Gasteiger partial charge in [-0.25, -0.2) is 0 Å². The Labute approximate surface area is 62.9 Å². The van der Waals surface area contributed by atoms with Crippen molar-refractivity contribution in [1.29, 1.82) is 0 Å². The summed E-state index contributed by atoms with van der Waals surface area (Å²) >= 11 is 5.12. The van der Waals surface area contributed by atoms with E-state index in [1.54, 1.807) is 0 Å². The van der Waals surface area contributed by atoms with Gasteiger partial charge in [-0.15, -0.1) is 0 Å². The summed E-state index contributed by atoms with van der Waals surface area (Å²) in [5.41, 5.74) is -0.0704. The molecule has 0 bridgehead atoms. The molecule has 56 valence electrons. The van der Waals surface area contributed by atoms with Crippen molar-refractivity contribution in [1.82, 2.24) is 0 Å². The van der Waals surface area contributed by atoms with Crippen LogP contribution in [0.25, 0.3) is 0 Å². The molecule has 0 saturated carbocycles. The van der Waals surface area contributed by atoms with Crippen LogP contribution >= 0.6 is 6.26 Å². The second-order valence-corrected chi connectivity index (χ2v) is 8.78. The molecule has 0 aliphatic rings. The van der Waals surface area contributed by atoms with Gasteiger partial charge in [0.15, 0.2) is 0 Å². The van der Waals surface area contributed by atoms with Gasteiger partial charge in [0.25, 0.3) is 0 Å². The van der Waals surface area contributed by atoms with Gasteiger partial charge in [0, 0.05) is 0 Å². The highest BCUT2D eigenvalue weighted by molar-refractivity contribution is 8.11. The Kier molecular flexibility index (Phi) is 2.87. The largest absolute Gasteiger partial charge is 0.346 e. The van der Waals surface area contributed by atoms with Crippen LogP contribution in [0.4, 0.5) is 0 Å². The molecule has 0 saturated heterocycles. The molecular weight excluding hydrogens is 151 g/mol. The lowest BCUT2D eigenvalue weighted by Gasteiger charge is -2.24. The summed E-state index contributed by atoms with van der Waals surface area (Å²) in [6, 6.07) is 0. The van der Waals surface area contributed by atoms with Gasteiger partial charge in [-0.3, -0.25) is 0 Å². The minimum absolute atomic E-state index is 0.0704. The molecule has 0 aromatic rings. The number of hydrogen-bond acceptors (Lipinski definition) is 2. The first-order chi connectivity index (χ1) is 3.71. The second-order valence-electron chi connectivity index (χ2n) is 3.46. The predicted molar refractivity (Wildman–Crippen MR) is 47.0 cm³/mol. The Morgan fingerprint density at radius 3 is 1.56 bits per heavy atom. The zero-order valence-electron chi connectivity index (χ0n) is 6.76. The third-order valence-electron chi connectivity index (χ3n) is 0.494. The van der Waals surface area contributed by atoms with E-state index in [2.05, 4.69) is 0 Å². The first kappa shape index (κ1) is 9.61. The van der Waals surface area contributed by atoms with Gasteiger partial charge in [-0.05, 0) is 34.1 Å². The monoisotopic (exact) mass is 166 g/mol. The summed E-state index contributed by atoms with van der Waals surface area (Å²) in [4.78, 5) is 0. The molecule has 0 N–H and O–H groups in total. The van der Waals surface area contributed by atoms with Gasteiger partial charge in [-0.2, -0.15) is 0 Å². The van der Waals surface area contributed by atoms with Crippen LogP contribution in [0.2, 0.25) is 0 Å². The second kappa shape index (κ2) is 2.69. The van der Waals surface area contributed by atoms with Crippen molar-refractivity contribution in [2.75, 3.05) is 13.3 Å². The summed E-state index contributed by atoms with van der Waals surface area (Å²) in [7, 11) is 0. The predicted octanol–water partition coefficient (Wildman–Crippen LogP) is 2.46. The number of rotatable bonds is 1. The van der Waals surface area contributed by atoms with Crippen LogP contribution in [0.1, 0.15) is 20.8 Å². The zero-order valence-corrected chi connectivity index (χ0v) is 8.47. The van der Waals surface area contributed by atoms with Crippen LogP contribution in [0.5, 0.6) is 0 Å². The molecule has 0 spiro atoms. The molecule has 0 heterocycles. The Bertz CT molecular complexity index is 130. The molecule has 0 unspecified atom stereocenters. The highest BCUT2D eigenvalue weighted by Gasteiger charge is 2.15. The van der Waals surface area contributed by atoms with Gasteiger partial charge in [-0.1, -0.05) is 11.8 Å². The van der Waals surface area contributed by atoms with E-state index in [1.165, 1.54) is 0 Å². The lowest BCUT2D eigenvalue weighted by atomic mass is 10.2. The van der Waals surface area contributed by atoms with E-state index in [0.717, 1.165) is 0 Å². The Morgan fingerprint density at radius 1 is 1.22 bits per heavy atom. The Hall–Kier alpha value is 0.610. The molecule has 0 rings (SSSR count). The molecule has 0 radical (unpaired) electrons. The lowest BCUT2D eigenvalue weighted by molar-refractivity contribution is 0.152. The van der Waals surface area contributed by atoms with Crippen LogP contribution in [0.15, 0.2) is 0 Å². The molecule has 1 nitrogen and oxygen atoms in total. The van der Waals surface area contributed by atoms with E-state index >= 15 is 0 Å². The molecule has 0 amide bonds. The van der Waals surface area contributed by atoms with E-state index < -0.39 is 6.26 Å². The minimum Gasteiger partial charge on any atom is -0.346 e. The molecule has 0 aromatic heterocycles. The van der Waals surface area contributed by atoms with Crippen LogP contribution in [-0.4, -0.2) is 18.9 Å². The number of hydrogen-bond donors (Lipinski definition) is 0. The fraction of sp³-hybridized carbons (Fsp3) is 1.00. The van der Waals surface area contributed by atoms with Crippen LogP contribution in [0.3, 0.4) is 0 Å². The third kappa shape index (κ3) is 8.61. The average Bonchev–Trinajstić information content (AvgIpc) is 1.14. The maximum absolute atomic E-state index is 5.55. The van der Waals surface area contributed by atoms with Crippen molar-refractivity contribution in [3.63, 3.8) is 0 Å². The molecule has 0 fully saturated rings. The van der Waals surface area contributed by atoms with E-state index in [0.29, 0.717) is 0 Å². The van der Waals surface area contributed by atoms with Crippen molar-refractivity contribution in [2.45, 2.75) is 26.4 Å². The smallest absolute Gasteiger partial charge is 0.0650 e. The topological polar surface area (TPSA) is 9.23 Å². The lowest BCUT2D eigenvalue weighted by Crippen LogP contribution is -2.16. The van der Waals surface area contributed by atoms with Crippen molar-refractivity contribution >= 4 is 18.1 Å². The van der Waals surface area contributed by atoms with E-state index in [-0.39, 0.29) is 5.60 Å². The van der Waals surface area contributed by atoms with Gasteiger partial charge < -0.3 is 4.52 Å². The fourth-order valence-corrected chi connectivity index (χ4v) is 2.65. The van der Waals surface area contributed by atoms with E-state index in [4.69, 9.17) is 16.3 Å². The molecular formula is C6H15OPS. The summed E-state index contributed by atoms with van der Waals surface area (Å²) < 4.78 is 5.55. The molecule has 0 aromatic carbocycles. The fourth-order valence-electron chi connectivity index (χ4n) is 0.660. The van der Waals surface area contributed by atoms with Gasteiger partial charge >= 0.3 is 0 Å². The van der Waals surface area contributed by atoms with Crippen LogP contribution in [0, 0.1) is 0 Å². The Balaban J connectivity index is 3.90. The highest BCUT2D eigenvalue weighted by Crippen LogP contribution is 2.42. The maximum Gasteiger partial charge on any atom is 0.0650 e. The SMILES string of the molecule is CC(C)(C)OP(C)(C)=S. The van der Waals surface area contributed by atoms with Crippen molar-refractivity contribution in [3.05, 3.63) is 0 Å². The first-order valence-corrected chi connectivity index (χ1v) is 6.58. The van der Waals surface area contributed by atoms with Crippen LogP contribution in [-0.2, 0) is 16.3 Å². The Morgan fingerprint density at radius 2 is 1.56 bits per heavy atom. The first-order valence-electron chi connectivity index (χ1n) is 2.96. The summed E-state index contributed by atoms with van der Waals surface area (Å²) in [6.07, 6.45) is -1.45. The van der Waals surface area contributed by atoms with Gasteiger partial charge in [0.2, 0.25) is 0 Å². The quantitative estimate of drug-likeness (QED) is 0.553. The highest BCUT2D eigenvalue weighted by atomic mass is 32.4. The zero-order chi connectivity index (χ0) is 7.71. The molecule has 3 heteroatoms. The minimum atomic E-state index is -1.45. The summed E-state index contributed by atoms with van der Waals surface area (Å²) in [5.74, 6) is 0. The van der Waals surface area contributed by atoms with Crippen molar-refractivity contribution < 1.29 is 4.52 Å². The molecule has 0 atom stereocenters. The third-order valence-corrected chi connectivity index (χ3v) is 1.70. The molecule has 0 aliphatic carbocycles. The van der Waals surface area contributed by atoms with Gasteiger partial charge in [0.05, 0.1) is 11.9 Å². The molecule has 9 heavy (non-hydrogen) atoms. The normalized spacial score (nSPS) is 13.9. The maximum atomic E-state index is 5.55. The average molecular weight is 166 g/mol. The van der Waals surface area contributed by atoms with Crippen molar-refractivity contribution in [2.24, 2.45) is 0 Å². The van der Waals surface area contributed by atoms with E-state index in [1.807, 2.05) is 34.1 Å². The standard InChI is InChI=1S/C6H15OPS/c1-6(2,3)7-8(4,5)9/h1-5H3. The summed E-state index contributed by atoms with van der Waals surface area (Å²) in [6.45, 7) is 10.1. The van der Waals surface area contributed by atoms with Gasteiger partial charge in [0.1, 0.15) is 0 Å². The van der Waals surface area contributed by atoms with E-state index in [9.17, 15) is 0 Å². The van der Waals surface area contributed by atoms with Crippen molar-refractivity contribution in [3.8, 4) is 0 Å².